The minimum absolute atomic E-state index is 0.262. The molecule has 0 radical (unpaired) electrons. The van der Waals surface area contributed by atoms with Gasteiger partial charge in [-0.15, -0.1) is 0 Å². The number of methoxy groups -OCH3 is 1. The van der Waals surface area contributed by atoms with Crippen LogP contribution in [-0.2, 0) is 10.0 Å². The topological polar surface area (TPSA) is 49.9 Å². The van der Waals surface area contributed by atoms with Crippen LogP contribution in [0.15, 0.2) is 47.4 Å². The molecule has 2 aromatic carbocycles. The fourth-order valence-electron chi connectivity index (χ4n) is 3.04. The molecule has 0 spiro atoms. The van der Waals surface area contributed by atoms with E-state index in [0.717, 1.165) is 11.3 Å². The molecule has 0 unspecified atom stereocenters. The Morgan fingerprint density at radius 1 is 1.00 bits per heavy atom. The number of ether oxygens (including phenoxy) is 1. The average molecular weight is 364 g/mol. The molecule has 25 heavy (non-hydrogen) atoms. The fourth-order valence-corrected chi connectivity index (χ4v) is 4.46. The summed E-state index contributed by atoms with van der Waals surface area (Å²) in [5.41, 5.74) is 1.80. The van der Waals surface area contributed by atoms with Gasteiger partial charge < -0.3 is 9.64 Å². The van der Waals surface area contributed by atoms with Gasteiger partial charge in [0.25, 0.3) is 0 Å². The van der Waals surface area contributed by atoms with Crippen molar-refractivity contribution in [3.63, 3.8) is 0 Å². The summed E-state index contributed by atoms with van der Waals surface area (Å²) in [6, 6.07) is 11.1. The van der Waals surface area contributed by atoms with Crippen molar-refractivity contribution >= 4 is 15.7 Å². The number of anilines is 1. The van der Waals surface area contributed by atoms with E-state index in [-0.39, 0.29) is 10.7 Å². The maximum atomic E-state index is 13.3. The zero-order valence-corrected chi connectivity index (χ0v) is 15.1. The summed E-state index contributed by atoms with van der Waals surface area (Å²) in [6.45, 7) is 3.79. The summed E-state index contributed by atoms with van der Waals surface area (Å²) in [5, 5.41) is 0. The lowest BCUT2D eigenvalue weighted by molar-refractivity contribution is 0.384. The van der Waals surface area contributed by atoms with Crippen LogP contribution in [0.1, 0.15) is 5.56 Å². The van der Waals surface area contributed by atoms with Crippen LogP contribution in [-0.4, -0.2) is 46.0 Å². The third kappa shape index (κ3) is 3.62. The summed E-state index contributed by atoms with van der Waals surface area (Å²) in [4.78, 5) is 2.36. The van der Waals surface area contributed by atoms with Gasteiger partial charge in [0.2, 0.25) is 10.0 Å². The predicted molar refractivity (Wildman–Crippen MR) is 95.1 cm³/mol. The summed E-state index contributed by atoms with van der Waals surface area (Å²) >= 11 is 0. The molecule has 1 saturated heterocycles. The Bertz CT molecular complexity index is 845. The number of halogens is 1. The molecule has 1 aliphatic heterocycles. The van der Waals surface area contributed by atoms with Crippen molar-refractivity contribution in [1.29, 1.82) is 0 Å². The van der Waals surface area contributed by atoms with Gasteiger partial charge in [-0.05, 0) is 55.0 Å². The van der Waals surface area contributed by atoms with Gasteiger partial charge in [-0.3, -0.25) is 0 Å². The van der Waals surface area contributed by atoms with Crippen LogP contribution in [0.5, 0.6) is 5.75 Å². The zero-order valence-electron chi connectivity index (χ0n) is 14.3. The average Bonchev–Trinajstić information content (AvgIpc) is 2.62. The van der Waals surface area contributed by atoms with Gasteiger partial charge in [0, 0.05) is 31.9 Å². The molecular formula is C18H21FN2O3S. The van der Waals surface area contributed by atoms with Gasteiger partial charge in [0.1, 0.15) is 11.6 Å². The van der Waals surface area contributed by atoms with Crippen LogP contribution in [0.2, 0.25) is 0 Å². The third-order valence-corrected chi connectivity index (χ3v) is 6.35. The second-order valence-electron chi connectivity index (χ2n) is 6.00. The number of nitrogens with zero attached hydrogens (tertiary/aromatic N) is 2. The van der Waals surface area contributed by atoms with Crippen LogP contribution in [0, 0.1) is 12.7 Å². The van der Waals surface area contributed by atoms with E-state index in [2.05, 4.69) is 4.90 Å². The maximum absolute atomic E-state index is 13.3. The molecule has 1 heterocycles. The van der Waals surface area contributed by atoms with E-state index in [9.17, 15) is 12.8 Å². The van der Waals surface area contributed by atoms with E-state index in [1.54, 1.807) is 37.4 Å². The lowest BCUT2D eigenvalue weighted by atomic mass is 10.1. The molecule has 0 bridgehead atoms. The molecule has 3 rings (SSSR count). The minimum Gasteiger partial charge on any atom is -0.497 e. The molecule has 1 aliphatic rings. The van der Waals surface area contributed by atoms with Crippen molar-refractivity contribution in [2.45, 2.75) is 11.8 Å². The van der Waals surface area contributed by atoms with E-state index >= 15 is 0 Å². The first kappa shape index (κ1) is 17.7. The largest absolute Gasteiger partial charge is 0.497 e. The molecule has 7 heteroatoms. The second kappa shape index (κ2) is 7.01. The van der Waals surface area contributed by atoms with Crippen molar-refractivity contribution in [3.8, 4) is 5.75 Å². The SMILES string of the molecule is COc1ccc(S(=O)(=O)N2CCN(c3ccc(F)cc3C)CC2)cc1. The van der Waals surface area contributed by atoms with Crippen molar-refractivity contribution in [3.05, 3.63) is 53.8 Å². The molecule has 134 valence electrons. The highest BCUT2D eigenvalue weighted by molar-refractivity contribution is 7.89. The molecule has 0 atom stereocenters. The molecule has 1 fully saturated rings. The highest BCUT2D eigenvalue weighted by atomic mass is 32.2. The van der Waals surface area contributed by atoms with Crippen LogP contribution in [0.4, 0.5) is 10.1 Å². The van der Waals surface area contributed by atoms with Gasteiger partial charge in [-0.25, -0.2) is 12.8 Å². The summed E-state index contributed by atoms with van der Waals surface area (Å²) < 4.78 is 45.3. The first-order valence-electron chi connectivity index (χ1n) is 8.07. The number of sulfonamides is 1. The second-order valence-corrected chi connectivity index (χ2v) is 7.94. The van der Waals surface area contributed by atoms with Gasteiger partial charge in [0.15, 0.2) is 0 Å². The van der Waals surface area contributed by atoms with E-state index in [1.807, 2.05) is 6.92 Å². The van der Waals surface area contributed by atoms with Gasteiger partial charge in [0.05, 0.1) is 12.0 Å². The van der Waals surface area contributed by atoms with Gasteiger partial charge in [-0.1, -0.05) is 0 Å². The number of hydrogen-bond donors (Lipinski definition) is 0. The van der Waals surface area contributed by atoms with E-state index in [1.165, 1.54) is 16.4 Å². The van der Waals surface area contributed by atoms with Gasteiger partial charge >= 0.3 is 0 Å². The van der Waals surface area contributed by atoms with Gasteiger partial charge in [-0.2, -0.15) is 4.31 Å². The Kier molecular flexibility index (Phi) is 4.96. The van der Waals surface area contributed by atoms with E-state index in [4.69, 9.17) is 4.74 Å². The lowest BCUT2D eigenvalue weighted by Gasteiger charge is -2.36. The number of benzene rings is 2. The Morgan fingerprint density at radius 3 is 2.20 bits per heavy atom. The molecule has 0 saturated carbocycles. The highest BCUT2D eigenvalue weighted by Gasteiger charge is 2.29. The highest BCUT2D eigenvalue weighted by Crippen LogP contribution is 2.25. The summed E-state index contributed by atoms with van der Waals surface area (Å²) in [7, 11) is -1.98. The smallest absolute Gasteiger partial charge is 0.243 e. The number of rotatable bonds is 4. The maximum Gasteiger partial charge on any atom is 0.243 e. The summed E-state index contributed by atoms with van der Waals surface area (Å²) in [6.07, 6.45) is 0. The molecule has 5 nitrogen and oxygen atoms in total. The lowest BCUT2D eigenvalue weighted by Crippen LogP contribution is -2.48. The van der Waals surface area contributed by atoms with Crippen molar-refractivity contribution in [2.24, 2.45) is 0 Å². The molecule has 0 amide bonds. The number of piperazine rings is 1. The third-order valence-electron chi connectivity index (χ3n) is 4.44. The van der Waals surface area contributed by atoms with Crippen LogP contribution < -0.4 is 9.64 Å². The molecule has 0 N–H and O–H groups in total. The fraction of sp³-hybridized carbons (Fsp3) is 0.333. The number of hydrogen-bond acceptors (Lipinski definition) is 4. The Hall–Kier alpha value is -2.12. The molecule has 0 aliphatic carbocycles. The molecular weight excluding hydrogens is 343 g/mol. The summed E-state index contributed by atoms with van der Waals surface area (Å²) in [5.74, 6) is 0.359. The van der Waals surface area contributed by atoms with E-state index < -0.39 is 10.0 Å². The van der Waals surface area contributed by atoms with Crippen LogP contribution in [0.3, 0.4) is 0 Å². The van der Waals surface area contributed by atoms with Crippen LogP contribution in [0.25, 0.3) is 0 Å². The minimum atomic E-state index is -3.52. The normalized spacial score (nSPS) is 16.0. The predicted octanol–water partition coefficient (Wildman–Crippen LogP) is 2.65. The molecule has 2 aromatic rings. The quantitative estimate of drug-likeness (QED) is 0.837. The standard InChI is InChI=1S/C18H21FN2O3S/c1-14-13-15(19)3-8-18(14)20-9-11-21(12-10-20)25(22,23)17-6-4-16(24-2)5-7-17/h3-8,13H,9-12H2,1-2H3. The first-order chi connectivity index (χ1) is 11.9. The van der Waals surface area contributed by atoms with Crippen LogP contribution >= 0.6 is 0 Å². The van der Waals surface area contributed by atoms with E-state index in [0.29, 0.717) is 31.9 Å². The first-order valence-corrected chi connectivity index (χ1v) is 9.51. The Morgan fingerprint density at radius 2 is 1.64 bits per heavy atom. The van der Waals surface area contributed by atoms with Crippen molar-refractivity contribution in [2.75, 3.05) is 38.2 Å². The molecule has 0 aromatic heterocycles. The van der Waals surface area contributed by atoms with Crippen molar-refractivity contribution in [1.82, 2.24) is 4.31 Å². The zero-order chi connectivity index (χ0) is 18.0. The Balaban J connectivity index is 1.72. The monoisotopic (exact) mass is 364 g/mol. The van der Waals surface area contributed by atoms with Crippen molar-refractivity contribution < 1.29 is 17.5 Å². The number of aryl methyl sites for hydroxylation is 1. The Labute approximate surface area is 147 Å².